The second-order valence-electron chi connectivity index (χ2n) is 1.50. The van der Waals surface area contributed by atoms with Gasteiger partial charge in [-0.3, -0.25) is 0 Å². The van der Waals surface area contributed by atoms with Gasteiger partial charge in [0.2, 0.25) is 0 Å². The first-order chi connectivity index (χ1) is 2.91. The SMILES string of the molecule is CCCC[CH2][SbH2]. The van der Waals surface area contributed by atoms with E-state index in [4.69, 9.17) is 0 Å². The van der Waals surface area contributed by atoms with Crippen LogP contribution in [0.15, 0.2) is 0 Å². The van der Waals surface area contributed by atoms with E-state index in [2.05, 4.69) is 6.92 Å². The quantitative estimate of drug-likeness (QED) is 0.469. The molecular formula is C5H13Sb. The summed E-state index contributed by atoms with van der Waals surface area (Å²) in [5.41, 5.74) is 0. The third-order valence-electron chi connectivity index (χ3n) is 0.808. The van der Waals surface area contributed by atoms with E-state index < -0.39 is 0 Å². The Balaban J connectivity index is 2.34. The molecule has 0 aliphatic rings. The predicted molar refractivity (Wildman–Crippen MR) is 32.9 cm³/mol. The molecule has 0 heterocycles. The molecule has 0 amide bonds. The average molecular weight is 195 g/mol. The molecule has 0 aromatic heterocycles. The van der Waals surface area contributed by atoms with Crippen molar-refractivity contribution in [1.82, 2.24) is 0 Å². The molecule has 0 spiro atoms. The van der Waals surface area contributed by atoms with Crippen molar-refractivity contribution in [2.75, 3.05) is 0 Å². The molecule has 0 saturated heterocycles. The summed E-state index contributed by atoms with van der Waals surface area (Å²) in [5, 5.41) is 0. The maximum absolute atomic E-state index is 2.25. The summed E-state index contributed by atoms with van der Waals surface area (Å²) in [6, 6.07) is 0. The number of hydrogen-bond donors (Lipinski definition) is 0. The van der Waals surface area contributed by atoms with E-state index in [1.54, 1.807) is 0 Å². The second kappa shape index (κ2) is 5.82. The van der Waals surface area contributed by atoms with E-state index in [0.29, 0.717) is 0 Å². The molecule has 0 N–H and O–H groups in total. The van der Waals surface area contributed by atoms with E-state index in [1.807, 2.05) is 0 Å². The van der Waals surface area contributed by atoms with Crippen molar-refractivity contribution in [2.45, 2.75) is 30.6 Å². The molecule has 6 heavy (non-hydrogen) atoms. The molecular weight excluding hydrogens is 182 g/mol. The van der Waals surface area contributed by atoms with Crippen molar-refractivity contribution >= 4 is 23.0 Å². The van der Waals surface area contributed by atoms with Gasteiger partial charge in [-0.05, 0) is 0 Å². The molecule has 0 bridgehead atoms. The molecule has 1 heteroatoms. The van der Waals surface area contributed by atoms with Crippen molar-refractivity contribution in [3.8, 4) is 0 Å². The Kier molecular flexibility index (Phi) is 6.61. The summed E-state index contributed by atoms with van der Waals surface area (Å²) in [6.07, 6.45) is 4.29. The number of unbranched alkanes of at least 4 members (excludes halogenated alkanes) is 2. The van der Waals surface area contributed by atoms with Gasteiger partial charge in [-0.2, -0.15) is 0 Å². The standard InChI is InChI=1S/C5H11.Sb.2H/c1-3-5-4-2;;;/h1,3-5H2,2H3;;;. The minimum absolute atomic E-state index is 1.38. The fraction of sp³-hybridized carbons (Fsp3) is 1.00. The summed E-state index contributed by atoms with van der Waals surface area (Å²) in [4.78, 5) is 0. The Labute approximate surface area is 53.8 Å². The molecule has 0 rings (SSSR count). The first kappa shape index (κ1) is 6.82. The van der Waals surface area contributed by atoms with E-state index in [9.17, 15) is 0 Å². The Bertz CT molecular complexity index is 15.9. The fourth-order valence-electron chi connectivity index (χ4n) is 0.394. The third-order valence-corrected chi connectivity index (χ3v) is 1.97. The van der Waals surface area contributed by atoms with Crippen LogP contribution >= 0.6 is 0 Å². The molecule has 0 unspecified atom stereocenters. The molecule has 0 fully saturated rings. The molecule has 0 saturated carbocycles. The van der Waals surface area contributed by atoms with Gasteiger partial charge >= 0.3 is 53.6 Å². The summed E-state index contributed by atoms with van der Waals surface area (Å²) in [6.45, 7) is 2.25. The Morgan fingerprint density at radius 1 is 1.33 bits per heavy atom. The molecule has 0 radical (unpaired) electrons. The zero-order chi connectivity index (χ0) is 4.83. The zero-order valence-corrected chi connectivity index (χ0v) is 7.70. The minimum atomic E-state index is 1.38. The van der Waals surface area contributed by atoms with E-state index in [0.717, 1.165) is 0 Å². The Hall–Kier alpha value is 0.818. The maximum atomic E-state index is 2.25. The zero-order valence-electron chi connectivity index (χ0n) is 4.41. The molecule has 0 atom stereocenters. The van der Waals surface area contributed by atoms with Crippen molar-refractivity contribution < 1.29 is 0 Å². The number of rotatable bonds is 3. The van der Waals surface area contributed by atoms with E-state index in [1.165, 1.54) is 46.7 Å². The van der Waals surface area contributed by atoms with Crippen LogP contribution in [0.2, 0.25) is 4.37 Å². The molecule has 0 nitrogen and oxygen atoms in total. The van der Waals surface area contributed by atoms with Crippen LogP contribution in [0.5, 0.6) is 0 Å². The topological polar surface area (TPSA) is 0 Å². The van der Waals surface area contributed by atoms with Crippen LogP contribution in [0.1, 0.15) is 26.2 Å². The third kappa shape index (κ3) is 4.82. The number of hydrogen-bond acceptors (Lipinski definition) is 0. The van der Waals surface area contributed by atoms with Crippen molar-refractivity contribution in [2.24, 2.45) is 0 Å². The molecule has 0 aromatic carbocycles. The van der Waals surface area contributed by atoms with E-state index >= 15 is 0 Å². The molecule has 38 valence electrons. The molecule has 0 aromatic rings. The van der Waals surface area contributed by atoms with Crippen LogP contribution in [0.3, 0.4) is 0 Å². The van der Waals surface area contributed by atoms with Gasteiger partial charge in [0.1, 0.15) is 0 Å². The van der Waals surface area contributed by atoms with Crippen LogP contribution in [0.4, 0.5) is 0 Å². The van der Waals surface area contributed by atoms with Gasteiger partial charge in [0.05, 0.1) is 0 Å². The predicted octanol–water partition coefficient (Wildman–Crippen LogP) is 1.23. The summed E-state index contributed by atoms with van der Waals surface area (Å²) >= 11 is 1.46. The molecule has 0 aliphatic carbocycles. The van der Waals surface area contributed by atoms with Gasteiger partial charge in [0.25, 0.3) is 0 Å². The van der Waals surface area contributed by atoms with Gasteiger partial charge in [0, 0.05) is 0 Å². The summed E-state index contributed by atoms with van der Waals surface area (Å²) in [7, 11) is 0. The monoisotopic (exact) mass is 194 g/mol. The van der Waals surface area contributed by atoms with Crippen LogP contribution in [0.25, 0.3) is 0 Å². The normalized spacial score (nSPS) is 9.00. The summed E-state index contributed by atoms with van der Waals surface area (Å²) in [5.74, 6) is 0. The van der Waals surface area contributed by atoms with Crippen LogP contribution in [-0.2, 0) is 0 Å². The average Bonchev–Trinajstić information content (AvgIpc) is 1.61. The van der Waals surface area contributed by atoms with Crippen LogP contribution in [0, 0.1) is 0 Å². The summed E-state index contributed by atoms with van der Waals surface area (Å²) < 4.78 is 1.48. The second-order valence-corrected chi connectivity index (χ2v) is 3.14. The van der Waals surface area contributed by atoms with Gasteiger partial charge in [-0.1, -0.05) is 0 Å². The fourth-order valence-corrected chi connectivity index (χ4v) is 1.22. The van der Waals surface area contributed by atoms with E-state index in [-0.39, 0.29) is 0 Å². The van der Waals surface area contributed by atoms with Gasteiger partial charge in [0.15, 0.2) is 0 Å². The van der Waals surface area contributed by atoms with Crippen LogP contribution < -0.4 is 0 Å². The molecule has 0 aliphatic heterocycles. The Morgan fingerprint density at radius 3 is 2.17 bits per heavy atom. The first-order valence-corrected chi connectivity index (χ1v) is 4.95. The van der Waals surface area contributed by atoms with Crippen molar-refractivity contribution in [3.05, 3.63) is 0 Å². The first-order valence-electron chi connectivity index (χ1n) is 2.62. The Morgan fingerprint density at radius 2 is 2.00 bits per heavy atom. The van der Waals surface area contributed by atoms with Gasteiger partial charge in [-0.15, -0.1) is 0 Å². The van der Waals surface area contributed by atoms with Crippen LogP contribution in [-0.4, -0.2) is 23.0 Å². The van der Waals surface area contributed by atoms with Gasteiger partial charge in [-0.25, -0.2) is 0 Å². The van der Waals surface area contributed by atoms with Crippen molar-refractivity contribution in [3.63, 3.8) is 0 Å². The van der Waals surface area contributed by atoms with Gasteiger partial charge < -0.3 is 0 Å². The van der Waals surface area contributed by atoms with Crippen molar-refractivity contribution in [1.29, 1.82) is 0 Å².